The van der Waals surface area contributed by atoms with Crippen LogP contribution in [-0.4, -0.2) is 37.6 Å². The predicted molar refractivity (Wildman–Crippen MR) is 125 cm³/mol. The van der Waals surface area contributed by atoms with E-state index in [-0.39, 0.29) is 24.5 Å². The first kappa shape index (κ1) is 28.6. The number of carbonyl (C=O) groups is 1. The van der Waals surface area contributed by atoms with Crippen molar-refractivity contribution in [1.29, 1.82) is 0 Å². The van der Waals surface area contributed by atoms with Crippen LogP contribution in [0.15, 0.2) is 24.3 Å². The molecule has 0 saturated heterocycles. The Kier molecular flexibility index (Phi) is 12.5. The van der Waals surface area contributed by atoms with Gasteiger partial charge in [0, 0.05) is 24.5 Å². The van der Waals surface area contributed by atoms with E-state index in [1.54, 1.807) is 12.1 Å². The number of hydrogen-bond donors (Lipinski definition) is 1. The molecule has 0 aliphatic heterocycles. The second-order valence-electron chi connectivity index (χ2n) is 9.84. The third kappa shape index (κ3) is 12.6. The molecule has 0 radical (unpaired) electrons. The van der Waals surface area contributed by atoms with Crippen molar-refractivity contribution in [3.8, 4) is 0 Å². The molecule has 3 nitrogen and oxygen atoms in total. The van der Waals surface area contributed by atoms with Gasteiger partial charge in [-0.05, 0) is 77.7 Å². The first-order chi connectivity index (χ1) is 14.9. The molecule has 2 atom stereocenters. The second-order valence-corrected chi connectivity index (χ2v) is 9.84. The molecule has 1 aromatic rings. The van der Waals surface area contributed by atoms with Gasteiger partial charge in [0.05, 0.1) is 6.61 Å². The SMILES string of the molecule is CC(N)CCCC1(C=O)CCC(COCC(C)F)CC1.Cc1ccc(CC(C)(F)F)cc1. The van der Waals surface area contributed by atoms with Crippen LogP contribution in [0.25, 0.3) is 0 Å². The highest BCUT2D eigenvalue weighted by Gasteiger charge is 2.34. The fraction of sp³-hybridized carbons (Fsp3) is 0.731. The lowest BCUT2D eigenvalue weighted by Gasteiger charge is -2.36. The zero-order chi connectivity index (χ0) is 24.2. The van der Waals surface area contributed by atoms with Crippen LogP contribution in [0.2, 0.25) is 0 Å². The highest BCUT2D eigenvalue weighted by Crippen LogP contribution is 2.41. The monoisotopic (exact) mass is 457 g/mol. The van der Waals surface area contributed by atoms with Gasteiger partial charge in [-0.1, -0.05) is 36.2 Å². The summed E-state index contributed by atoms with van der Waals surface area (Å²) in [5.74, 6) is -2.12. The van der Waals surface area contributed by atoms with E-state index >= 15 is 0 Å². The Labute approximate surface area is 192 Å². The molecule has 2 N–H and O–H groups in total. The Morgan fingerprint density at radius 2 is 1.81 bits per heavy atom. The van der Waals surface area contributed by atoms with Crippen molar-refractivity contribution < 1.29 is 22.7 Å². The maximum absolute atomic E-state index is 12.7. The topological polar surface area (TPSA) is 52.3 Å². The summed E-state index contributed by atoms with van der Waals surface area (Å²) in [5, 5.41) is 0. The highest BCUT2D eigenvalue weighted by atomic mass is 19.3. The molecule has 0 aromatic heterocycles. The van der Waals surface area contributed by atoms with Crippen molar-refractivity contribution in [1.82, 2.24) is 0 Å². The van der Waals surface area contributed by atoms with Crippen molar-refractivity contribution >= 4 is 6.29 Å². The summed E-state index contributed by atoms with van der Waals surface area (Å²) < 4.78 is 43.0. The number of carbonyl (C=O) groups excluding carboxylic acids is 1. The Morgan fingerprint density at radius 3 is 2.28 bits per heavy atom. The maximum Gasteiger partial charge on any atom is 0.249 e. The molecular weight excluding hydrogens is 415 g/mol. The van der Waals surface area contributed by atoms with Gasteiger partial charge in [0.15, 0.2) is 0 Å². The minimum absolute atomic E-state index is 0.140. The van der Waals surface area contributed by atoms with E-state index in [1.165, 1.54) is 6.92 Å². The van der Waals surface area contributed by atoms with E-state index in [0.29, 0.717) is 18.1 Å². The number of alkyl halides is 3. The standard InChI is InChI=1S/C16H30FNO2.C10H12F2/c1-13(17)10-20-11-15-5-8-16(12-19,9-6-15)7-3-4-14(2)18;1-8-3-5-9(6-4-8)7-10(2,11)12/h12-15H,3-11,18H2,1-2H3;3-6H,7H2,1-2H3. The van der Waals surface area contributed by atoms with Gasteiger partial charge >= 0.3 is 0 Å². The molecule has 1 fully saturated rings. The third-order valence-corrected chi connectivity index (χ3v) is 6.02. The molecule has 2 rings (SSSR count). The van der Waals surface area contributed by atoms with Crippen molar-refractivity contribution in [3.05, 3.63) is 35.4 Å². The lowest BCUT2D eigenvalue weighted by atomic mass is 9.69. The van der Waals surface area contributed by atoms with Gasteiger partial charge in [0.25, 0.3) is 0 Å². The van der Waals surface area contributed by atoms with Crippen LogP contribution in [0, 0.1) is 18.3 Å². The van der Waals surface area contributed by atoms with Gasteiger partial charge in [-0.25, -0.2) is 13.2 Å². The summed E-state index contributed by atoms with van der Waals surface area (Å²) in [4.78, 5) is 11.5. The molecule has 2 unspecified atom stereocenters. The molecule has 0 spiro atoms. The number of benzene rings is 1. The van der Waals surface area contributed by atoms with Crippen LogP contribution >= 0.6 is 0 Å². The van der Waals surface area contributed by atoms with Gasteiger partial charge in [-0.2, -0.15) is 0 Å². The van der Waals surface area contributed by atoms with Gasteiger partial charge < -0.3 is 15.3 Å². The van der Waals surface area contributed by atoms with Crippen molar-refractivity contribution in [2.24, 2.45) is 17.1 Å². The molecular formula is C26H42F3NO2. The van der Waals surface area contributed by atoms with Crippen molar-refractivity contribution in [2.45, 2.75) is 97.2 Å². The van der Waals surface area contributed by atoms with E-state index in [9.17, 15) is 18.0 Å². The summed E-state index contributed by atoms with van der Waals surface area (Å²) in [6.45, 7) is 7.21. The van der Waals surface area contributed by atoms with Crippen LogP contribution in [0.5, 0.6) is 0 Å². The van der Waals surface area contributed by atoms with Gasteiger partial charge in [0.2, 0.25) is 5.92 Å². The van der Waals surface area contributed by atoms with Crippen molar-refractivity contribution in [3.63, 3.8) is 0 Å². The van der Waals surface area contributed by atoms with Gasteiger partial charge in [-0.3, -0.25) is 0 Å². The first-order valence-corrected chi connectivity index (χ1v) is 11.8. The number of hydrogen-bond acceptors (Lipinski definition) is 3. The largest absolute Gasteiger partial charge is 0.378 e. The molecule has 6 heteroatoms. The van der Waals surface area contributed by atoms with Crippen LogP contribution in [-0.2, 0) is 16.0 Å². The van der Waals surface area contributed by atoms with Crippen LogP contribution in [0.1, 0.15) is 76.8 Å². The van der Waals surface area contributed by atoms with E-state index in [4.69, 9.17) is 10.5 Å². The quantitative estimate of drug-likeness (QED) is 0.389. The van der Waals surface area contributed by atoms with Crippen LogP contribution < -0.4 is 5.73 Å². The van der Waals surface area contributed by atoms with Crippen LogP contribution in [0.4, 0.5) is 13.2 Å². The highest BCUT2D eigenvalue weighted by molar-refractivity contribution is 5.59. The smallest absolute Gasteiger partial charge is 0.249 e. The molecule has 0 bridgehead atoms. The fourth-order valence-corrected chi connectivity index (χ4v) is 4.08. The number of aryl methyl sites for hydroxylation is 1. The van der Waals surface area contributed by atoms with E-state index in [2.05, 4.69) is 0 Å². The van der Waals surface area contributed by atoms with Gasteiger partial charge in [0.1, 0.15) is 12.5 Å². The molecule has 1 aliphatic rings. The number of ether oxygens (including phenoxy) is 1. The minimum atomic E-state index is -2.60. The van der Waals surface area contributed by atoms with E-state index in [0.717, 1.165) is 63.7 Å². The van der Waals surface area contributed by atoms with E-state index < -0.39 is 12.1 Å². The molecule has 0 amide bonds. The maximum atomic E-state index is 12.7. The average Bonchev–Trinajstić information content (AvgIpc) is 2.70. The fourth-order valence-electron chi connectivity index (χ4n) is 4.08. The lowest BCUT2D eigenvalue weighted by molar-refractivity contribution is -0.119. The summed E-state index contributed by atoms with van der Waals surface area (Å²) in [5.41, 5.74) is 7.40. The molecule has 32 heavy (non-hydrogen) atoms. The number of nitrogens with two attached hydrogens (primary N) is 1. The number of aldehydes is 1. The van der Waals surface area contributed by atoms with Gasteiger partial charge in [-0.15, -0.1) is 0 Å². The summed E-state index contributed by atoms with van der Waals surface area (Å²) in [6, 6.07) is 7.40. The Morgan fingerprint density at radius 1 is 1.22 bits per heavy atom. The molecule has 1 saturated carbocycles. The summed E-state index contributed by atoms with van der Waals surface area (Å²) in [6.07, 6.45) is 6.95. The van der Waals surface area contributed by atoms with Crippen LogP contribution in [0.3, 0.4) is 0 Å². The molecule has 1 aromatic carbocycles. The normalized spacial score (nSPS) is 23.1. The summed E-state index contributed by atoms with van der Waals surface area (Å²) >= 11 is 0. The zero-order valence-electron chi connectivity index (χ0n) is 20.2. The zero-order valence-corrected chi connectivity index (χ0v) is 20.2. The van der Waals surface area contributed by atoms with Crippen molar-refractivity contribution in [2.75, 3.05) is 13.2 Å². The number of halogens is 3. The predicted octanol–water partition coefficient (Wildman–Crippen LogP) is 6.45. The Balaban J connectivity index is 0.000000363. The third-order valence-electron chi connectivity index (χ3n) is 6.02. The first-order valence-electron chi connectivity index (χ1n) is 11.8. The molecule has 1 aliphatic carbocycles. The lowest BCUT2D eigenvalue weighted by Crippen LogP contribution is -2.31. The van der Waals surface area contributed by atoms with E-state index in [1.807, 2.05) is 26.0 Å². The Hall–Kier alpha value is -1.40. The molecule has 0 heterocycles. The number of rotatable bonds is 11. The minimum Gasteiger partial charge on any atom is -0.378 e. The average molecular weight is 458 g/mol. The molecule has 184 valence electrons. The second kappa shape index (κ2) is 14.0. The Bertz CT molecular complexity index is 633. The summed E-state index contributed by atoms with van der Waals surface area (Å²) in [7, 11) is 0.